The van der Waals surface area contributed by atoms with Gasteiger partial charge in [-0.3, -0.25) is 10.1 Å². The predicted molar refractivity (Wildman–Crippen MR) is 81.2 cm³/mol. The van der Waals surface area contributed by atoms with Crippen molar-refractivity contribution >= 4 is 11.4 Å². The molecule has 1 heterocycles. The first-order valence-electron chi connectivity index (χ1n) is 6.94. The Morgan fingerprint density at radius 2 is 2.05 bits per heavy atom. The van der Waals surface area contributed by atoms with Gasteiger partial charge in [-0.1, -0.05) is 24.3 Å². The predicted octanol–water partition coefficient (Wildman–Crippen LogP) is 4.05. The van der Waals surface area contributed by atoms with Crippen LogP contribution in [-0.4, -0.2) is 11.5 Å². The van der Waals surface area contributed by atoms with Gasteiger partial charge >= 0.3 is 5.69 Å². The highest BCUT2D eigenvalue weighted by atomic mass is 16.6. The number of hydrogen-bond donors (Lipinski definition) is 1. The number of nitro groups is 1. The number of benzene rings is 2. The summed E-state index contributed by atoms with van der Waals surface area (Å²) in [5, 5.41) is 14.5. The SMILES string of the molecule is Cc1cccc([N+](=O)[O-])c1Oc1cccc2c1NCCC2. The Bertz CT molecular complexity index is 698. The lowest BCUT2D eigenvalue weighted by Gasteiger charge is -2.21. The highest BCUT2D eigenvalue weighted by molar-refractivity contribution is 5.65. The number of ether oxygens (including phenoxy) is 1. The minimum Gasteiger partial charge on any atom is -0.448 e. The van der Waals surface area contributed by atoms with Crippen LogP contribution in [-0.2, 0) is 6.42 Å². The molecule has 0 aromatic heterocycles. The Morgan fingerprint density at radius 1 is 1.24 bits per heavy atom. The van der Waals surface area contributed by atoms with Crippen molar-refractivity contribution < 1.29 is 9.66 Å². The molecule has 1 N–H and O–H groups in total. The van der Waals surface area contributed by atoms with Crippen molar-refractivity contribution in [3.63, 3.8) is 0 Å². The molecule has 3 rings (SSSR count). The molecule has 21 heavy (non-hydrogen) atoms. The molecule has 2 aromatic carbocycles. The van der Waals surface area contributed by atoms with Gasteiger partial charge in [0.15, 0.2) is 5.75 Å². The van der Waals surface area contributed by atoms with Gasteiger partial charge in [-0.05, 0) is 37.0 Å². The number of hydrogen-bond acceptors (Lipinski definition) is 4. The minimum atomic E-state index is -0.412. The van der Waals surface area contributed by atoms with Gasteiger partial charge < -0.3 is 10.1 Å². The minimum absolute atomic E-state index is 0.0107. The third-order valence-corrected chi connectivity index (χ3v) is 3.64. The summed E-state index contributed by atoms with van der Waals surface area (Å²) in [6, 6.07) is 10.8. The summed E-state index contributed by atoms with van der Waals surface area (Å²) in [6.45, 7) is 2.70. The molecular weight excluding hydrogens is 268 g/mol. The molecule has 5 heteroatoms. The van der Waals surface area contributed by atoms with Crippen LogP contribution in [0.15, 0.2) is 36.4 Å². The fourth-order valence-corrected chi connectivity index (χ4v) is 2.59. The number of rotatable bonds is 3. The summed E-state index contributed by atoms with van der Waals surface area (Å²) < 4.78 is 5.90. The first-order valence-corrected chi connectivity index (χ1v) is 6.94. The highest BCUT2D eigenvalue weighted by Gasteiger charge is 2.20. The van der Waals surface area contributed by atoms with E-state index in [0.29, 0.717) is 11.5 Å². The van der Waals surface area contributed by atoms with Crippen molar-refractivity contribution in [1.82, 2.24) is 0 Å². The van der Waals surface area contributed by atoms with Crippen molar-refractivity contribution in [2.24, 2.45) is 0 Å². The van der Waals surface area contributed by atoms with Crippen LogP contribution in [0.2, 0.25) is 0 Å². The molecule has 0 unspecified atom stereocenters. The first kappa shape index (κ1) is 13.4. The monoisotopic (exact) mass is 284 g/mol. The van der Waals surface area contributed by atoms with Crippen LogP contribution < -0.4 is 10.1 Å². The molecule has 1 aliphatic rings. The smallest absolute Gasteiger partial charge is 0.311 e. The summed E-state index contributed by atoms with van der Waals surface area (Å²) in [5.41, 5.74) is 2.87. The third-order valence-electron chi connectivity index (χ3n) is 3.64. The molecule has 0 aliphatic carbocycles. The zero-order chi connectivity index (χ0) is 14.8. The van der Waals surface area contributed by atoms with Gasteiger partial charge in [0.2, 0.25) is 5.75 Å². The van der Waals surface area contributed by atoms with Crippen LogP contribution in [0.3, 0.4) is 0 Å². The Labute approximate surface area is 122 Å². The summed E-state index contributed by atoms with van der Waals surface area (Å²) in [7, 11) is 0. The molecule has 0 bridgehead atoms. The van der Waals surface area contributed by atoms with Crippen LogP contribution >= 0.6 is 0 Å². The highest BCUT2D eigenvalue weighted by Crippen LogP contribution is 2.39. The van der Waals surface area contributed by atoms with Gasteiger partial charge in [-0.25, -0.2) is 0 Å². The number of fused-ring (bicyclic) bond motifs is 1. The number of nitrogens with zero attached hydrogens (tertiary/aromatic N) is 1. The summed E-state index contributed by atoms with van der Waals surface area (Å²) in [6.07, 6.45) is 2.08. The topological polar surface area (TPSA) is 64.4 Å². The maximum absolute atomic E-state index is 11.2. The average Bonchev–Trinajstić information content (AvgIpc) is 2.49. The van der Waals surface area contributed by atoms with Crippen molar-refractivity contribution in [3.8, 4) is 11.5 Å². The van der Waals surface area contributed by atoms with Crippen LogP contribution in [0.1, 0.15) is 17.5 Å². The van der Waals surface area contributed by atoms with E-state index in [0.717, 1.165) is 30.6 Å². The fraction of sp³-hybridized carbons (Fsp3) is 0.250. The molecule has 0 fully saturated rings. The molecule has 0 atom stereocenters. The zero-order valence-electron chi connectivity index (χ0n) is 11.8. The van der Waals surface area contributed by atoms with Gasteiger partial charge in [-0.2, -0.15) is 0 Å². The Morgan fingerprint density at radius 3 is 2.86 bits per heavy atom. The zero-order valence-corrected chi connectivity index (χ0v) is 11.8. The molecular formula is C16H16N2O3. The normalized spacial score (nSPS) is 13.2. The second-order valence-electron chi connectivity index (χ2n) is 5.10. The van der Waals surface area contributed by atoms with Gasteiger partial charge in [0.05, 0.1) is 10.6 Å². The molecule has 0 saturated carbocycles. The van der Waals surface area contributed by atoms with Crippen LogP contribution in [0.25, 0.3) is 0 Å². The van der Waals surface area contributed by atoms with E-state index in [2.05, 4.69) is 11.4 Å². The lowest BCUT2D eigenvalue weighted by Crippen LogP contribution is -2.12. The molecule has 1 aliphatic heterocycles. The van der Waals surface area contributed by atoms with Crippen molar-refractivity contribution in [2.45, 2.75) is 19.8 Å². The summed E-state index contributed by atoms with van der Waals surface area (Å²) in [5.74, 6) is 0.952. The Hall–Kier alpha value is -2.56. The lowest BCUT2D eigenvalue weighted by atomic mass is 10.0. The number of para-hydroxylation sites is 2. The summed E-state index contributed by atoms with van der Waals surface area (Å²) >= 11 is 0. The van der Waals surface area contributed by atoms with Gasteiger partial charge in [0, 0.05) is 12.6 Å². The molecule has 108 valence electrons. The van der Waals surface area contributed by atoms with Crippen molar-refractivity contribution in [1.29, 1.82) is 0 Å². The Balaban J connectivity index is 2.04. The van der Waals surface area contributed by atoms with Crippen LogP contribution in [0.5, 0.6) is 11.5 Å². The number of nitrogens with one attached hydrogen (secondary N) is 1. The van der Waals surface area contributed by atoms with Gasteiger partial charge in [-0.15, -0.1) is 0 Å². The first-order chi connectivity index (χ1) is 10.2. The lowest BCUT2D eigenvalue weighted by molar-refractivity contribution is -0.385. The molecule has 0 amide bonds. The van der Waals surface area contributed by atoms with E-state index in [-0.39, 0.29) is 5.69 Å². The standard InChI is InChI=1S/C16H16N2O3/c1-11-5-2-8-13(18(19)20)16(11)21-14-9-3-6-12-7-4-10-17-15(12)14/h2-3,5-6,8-9,17H,4,7,10H2,1H3. The molecule has 0 saturated heterocycles. The van der Waals surface area contributed by atoms with E-state index in [1.807, 2.05) is 25.1 Å². The second kappa shape index (κ2) is 5.44. The van der Waals surface area contributed by atoms with Crippen LogP contribution in [0.4, 0.5) is 11.4 Å². The van der Waals surface area contributed by atoms with E-state index in [1.165, 1.54) is 11.6 Å². The van der Waals surface area contributed by atoms with E-state index in [4.69, 9.17) is 4.74 Å². The summed E-state index contributed by atoms with van der Waals surface area (Å²) in [4.78, 5) is 10.8. The molecule has 5 nitrogen and oxygen atoms in total. The number of aryl methyl sites for hydroxylation is 2. The van der Waals surface area contributed by atoms with E-state index in [9.17, 15) is 10.1 Å². The third kappa shape index (κ3) is 2.54. The van der Waals surface area contributed by atoms with E-state index in [1.54, 1.807) is 6.07 Å². The second-order valence-corrected chi connectivity index (χ2v) is 5.10. The van der Waals surface area contributed by atoms with E-state index >= 15 is 0 Å². The maximum atomic E-state index is 11.2. The van der Waals surface area contributed by atoms with Gasteiger partial charge in [0.25, 0.3) is 0 Å². The fourth-order valence-electron chi connectivity index (χ4n) is 2.59. The largest absolute Gasteiger partial charge is 0.448 e. The quantitative estimate of drug-likeness (QED) is 0.682. The molecule has 0 radical (unpaired) electrons. The number of nitro benzene ring substituents is 1. The maximum Gasteiger partial charge on any atom is 0.311 e. The van der Waals surface area contributed by atoms with E-state index < -0.39 is 4.92 Å². The van der Waals surface area contributed by atoms with Crippen molar-refractivity contribution in [3.05, 3.63) is 57.6 Å². The number of anilines is 1. The van der Waals surface area contributed by atoms with Crippen molar-refractivity contribution in [2.75, 3.05) is 11.9 Å². The molecule has 2 aromatic rings. The Kier molecular flexibility index (Phi) is 3.48. The van der Waals surface area contributed by atoms with Gasteiger partial charge in [0.1, 0.15) is 0 Å². The average molecular weight is 284 g/mol. The van der Waals surface area contributed by atoms with Crippen LogP contribution in [0, 0.1) is 17.0 Å². The molecule has 0 spiro atoms.